The largest absolute Gasteiger partial charge is 0.490 e. The van der Waals surface area contributed by atoms with Crippen molar-refractivity contribution in [1.82, 2.24) is 14.8 Å². The van der Waals surface area contributed by atoms with Crippen LogP contribution >= 0.6 is 23.5 Å². The molecular weight excluding hydrogens is 471 g/mol. The topological polar surface area (TPSA) is 277 Å². The highest BCUT2D eigenvalue weighted by atomic mass is 31.3. The Morgan fingerprint density at radius 2 is 1.69 bits per heavy atom. The van der Waals surface area contributed by atoms with Gasteiger partial charge in [0.15, 0.2) is 6.23 Å². The molecular formula is C8H14N3O15P3. The molecule has 1 saturated heterocycles. The summed E-state index contributed by atoms with van der Waals surface area (Å²) in [6.07, 6.45) is -6.23. The smallest absolute Gasteiger partial charge is 0.387 e. The van der Waals surface area contributed by atoms with Gasteiger partial charge in [0.25, 0.3) is 5.56 Å². The molecule has 1 fully saturated rings. The zero-order chi connectivity index (χ0) is 22.2. The van der Waals surface area contributed by atoms with Gasteiger partial charge in [0.05, 0.1) is 6.61 Å². The van der Waals surface area contributed by atoms with Crippen molar-refractivity contribution in [3.8, 4) is 0 Å². The van der Waals surface area contributed by atoms with Gasteiger partial charge in [0.2, 0.25) is 0 Å². The van der Waals surface area contributed by atoms with E-state index in [2.05, 4.69) is 18.2 Å². The highest BCUT2D eigenvalue weighted by molar-refractivity contribution is 7.66. The summed E-state index contributed by atoms with van der Waals surface area (Å²) in [5.41, 5.74) is -1.97. The van der Waals surface area contributed by atoms with Gasteiger partial charge in [-0.3, -0.25) is 14.3 Å². The molecule has 0 amide bonds. The van der Waals surface area contributed by atoms with Crippen molar-refractivity contribution < 1.29 is 61.4 Å². The number of aromatic amines is 1. The summed E-state index contributed by atoms with van der Waals surface area (Å²) in [5, 5.41) is 23.3. The molecule has 3 unspecified atom stereocenters. The van der Waals surface area contributed by atoms with Crippen LogP contribution in [0.4, 0.5) is 0 Å². The van der Waals surface area contributed by atoms with Crippen molar-refractivity contribution in [1.29, 1.82) is 0 Å². The lowest BCUT2D eigenvalue weighted by atomic mass is 10.1. The van der Waals surface area contributed by atoms with Crippen molar-refractivity contribution in [3.05, 3.63) is 27.0 Å². The molecule has 7 N–H and O–H groups in total. The van der Waals surface area contributed by atoms with E-state index in [1.807, 2.05) is 4.98 Å². The first-order chi connectivity index (χ1) is 13.1. The maximum atomic E-state index is 11.7. The van der Waals surface area contributed by atoms with Gasteiger partial charge < -0.3 is 34.5 Å². The summed E-state index contributed by atoms with van der Waals surface area (Å²) in [6, 6.07) is 0. The van der Waals surface area contributed by atoms with Crippen molar-refractivity contribution in [2.24, 2.45) is 0 Å². The van der Waals surface area contributed by atoms with Gasteiger partial charge in [0.1, 0.15) is 24.5 Å². The number of rotatable bonds is 8. The van der Waals surface area contributed by atoms with E-state index in [1.165, 1.54) is 0 Å². The van der Waals surface area contributed by atoms with Gasteiger partial charge in [-0.25, -0.2) is 18.5 Å². The minimum Gasteiger partial charge on any atom is -0.387 e. The number of phosphoric ester groups is 1. The molecule has 2 heterocycles. The lowest BCUT2D eigenvalue weighted by Gasteiger charge is -2.19. The molecule has 0 bridgehead atoms. The minimum atomic E-state index is -5.74. The molecule has 1 aromatic rings. The third-order valence-electron chi connectivity index (χ3n) is 3.13. The maximum absolute atomic E-state index is 11.7. The SMILES string of the molecule is O=c1cnn(C2O[C@H](COP(=O)(O)OP(=O)(O)OP(=O)(O)O)[C@@H](O)[C@H]2O)c(=O)[nH]1. The van der Waals surface area contributed by atoms with Crippen LogP contribution < -0.4 is 11.2 Å². The number of aliphatic hydroxyl groups excluding tert-OH is 2. The van der Waals surface area contributed by atoms with Gasteiger partial charge in [-0.1, -0.05) is 0 Å². The second-order valence-corrected chi connectivity index (χ2v) is 9.74. The predicted octanol–water partition coefficient (Wildman–Crippen LogP) is -3.11. The number of hydrogen-bond donors (Lipinski definition) is 7. The maximum Gasteiger partial charge on any atom is 0.490 e. The molecule has 18 nitrogen and oxygen atoms in total. The fourth-order valence-electron chi connectivity index (χ4n) is 2.08. The Kier molecular flexibility index (Phi) is 7.14. The second kappa shape index (κ2) is 8.56. The van der Waals surface area contributed by atoms with Crippen molar-refractivity contribution in [2.75, 3.05) is 6.61 Å². The summed E-state index contributed by atoms with van der Waals surface area (Å²) >= 11 is 0. The Morgan fingerprint density at radius 1 is 1.07 bits per heavy atom. The quantitative estimate of drug-likeness (QED) is 0.179. The van der Waals surface area contributed by atoms with Gasteiger partial charge in [-0.05, 0) is 0 Å². The molecule has 0 saturated carbocycles. The van der Waals surface area contributed by atoms with E-state index < -0.39 is 65.9 Å². The van der Waals surface area contributed by atoms with Crippen molar-refractivity contribution in [3.63, 3.8) is 0 Å². The van der Waals surface area contributed by atoms with E-state index in [0.717, 1.165) is 0 Å². The number of nitrogens with one attached hydrogen (secondary N) is 1. The minimum absolute atomic E-state index is 0.458. The molecule has 2 rings (SSSR count). The number of phosphoric acid groups is 3. The molecule has 1 aliphatic heterocycles. The Labute approximate surface area is 158 Å². The first kappa shape index (κ1) is 24.2. The summed E-state index contributed by atoms with van der Waals surface area (Å²) in [7, 11) is -16.8. The van der Waals surface area contributed by atoms with E-state index in [9.17, 15) is 38.4 Å². The van der Waals surface area contributed by atoms with Crippen LogP contribution in [0.2, 0.25) is 0 Å². The van der Waals surface area contributed by atoms with Crippen molar-refractivity contribution in [2.45, 2.75) is 24.5 Å². The average molecular weight is 485 g/mol. The molecule has 166 valence electrons. The van der Waals surface area contributed by atoms with Gasteiger partial charge in [0, 0.05) is 0 Å². The van der Waals surface area contributed by atoms with Crippen LogP contribution in [-0.2, 0) is 31.6 Å². The summed E-state index contributed by atoms with van der Waals surface area (Å²) in [6.45, 7) is -1.07. The van der Waals surface area contributed by atoms with Crippen LogP contribution in [0.25, 0.3) is 0 Å². The standard InChI is InChI=1S/C8H14N3O15P3/c12-4-1-9-11(8(15)10-4)7-6(14)5(13)3(24-7)2-23-28(19,20)26-29(21,22)25-27(16,17)18/h1,3,5-7,13-14H,2H2,(H,19,20)(H,21,22)(H,10,12,15)(H2,16,17,18)/t3-,5-,6-,7?/m1/s1. The average Bonchev–Trinajstić information content (AvgIpc) is 2.78. The third-order valence-corrected chi connectivity index (χ3v) is 6.94. The lowest BCUT2D eigenvalue weighted by molar-refractivity contribution is -0.0610. The highest BCUT2D eigenvalue weighted by Gasteiger charge is 2.47. The Hall–Kier alpha value is -1.10. The Bertz CT molecular complexity index is 999. The molecule has 29 heavy (non-hydrogen) atoms. The molecule has 0 aromatic carbocycles. The van der Waals surface area contributed by atoms with E-state index >= 15 is 0 Å². The summed E-state index contributed by atoms with van der Waals surface area (Å²) in [5.74, 6) is 0. The van der Waals surface area contributed by atoms with Gasteiger partial charge in [-0.2, -0.15) is 18.4 Å². The molecule has 1 aromatic heterocycles. The number of aromatic nitrogens is 3. The first-order valence-electron chi connectivity index (χ1n) is 7.08. The first-order valence-corrected chi connectivity index (χ1v) is 11.6. The van der Waals surface area contributed by atoms with E-state index in [-0.39, 0.29) is 0 Å². The lowest BCUT2D eigenvalue weighted by Crippen LogP contribution is -2.39. The van der Waals surface area contributed by atoms with Crippen LogP contribution in [0.5, 0.6) is 0 Å². The predicted molar refractivity (Wildman–Crippen MR) is 84.9 cm³/mol. The number of hydrogen-bond acceptors (Lipinski definition) is 12. The molecule has 1 aliphatic rings. The second-order valence-electron chi connectivity index (χ2n) is 5.32. The zero-order valence-corrected chi connectivity index (χ0v) is 16.4. The monoisotopic (exact) mass is 485 g/mol. The summed E-state index contributed by atoms with van der Waals surface area (Å²) in [4.78, 5) is 59.7. The molecule has 21 heteroatoms. The van der Waals surface area contributed by atoms with Crippen LogP contribution in [0, 0.1) is 0 Å². The number of aliphatic hydroxyl groups is 2. The van der Waals surface area contributed by atoms with Crippen LogP contribution in [0.15, 0.2) is 15.8 Å². The number of H-pyrrole nitrogens is 1. The van der Waals surface area contributed by atoms with Crippen molar-refractivity contribution >= 4 is 23.5 Å². The van der Waals surface area contributed by atoms with Crippen LogP contribution in [-0.4, -0.2) is 69.5 Å². The van der Waals surface area contributed by atoms with Crippen LogP contribution in [0.3, 0.4) is 0 Å². The molecule has 0 radical (unpaired) electrons. The third kappa shape index (κ3) is 6.70. The van der Waals surface area contributed by atoms with E-state index in [4.69, 9.17) is 19.4 Å². The zero-order valence-electron chi connectivity index (χ0n) is 13.7. The molecule has 0 aliphatic carbocycles. The van der Waals surface area contributed by atoms with Crippen LogP contribution in [0.1, 0.15) is 6.23 Å². The fourth-order valence-corrected chi connectivity index (χ4v) is 5.11. The molecule has 6 atom stereocenters. The van der Waals surface area contributed by atoms with Gasteiger partial charge >= 0.3 is 29.2 Å². The normalized spacial score (nSPS) is 29.3. The van der Waals surface area contributed by atoms with Gasteiger partial charge in [-0.15, -0.1) is 0 Å². The number of ether oxygens (including phenoxy) is 1. The Balaban J connectivity index is 2.06. The van der Waals surface area contributed by atoms with E-state index in [0.29, 0.717) is 10.9 Å². The molecule has 0 spiro atoms. The fraction of sp³-hybridized carbons (Fsp3) is 0.625. The highest BCUT2D eigenvalue weighted by Crippen LogP contribution is 2.66. The van der Waals surface area contributed by atoms with E-state index in [1.54, 1.807) is 0 Å². The Morgan fingerprint density at radius 3 is 2.24 bits per heavy atom. The summed E-state index contributed by atoms with van der Waals surface area (Å²) < 4.78 is 50.2. The number of nitrogens with zero attached hydrogens (tertiary/aromatic N) is 2.